The summed E-state index contributed by atoms with van der Waals surface area (Å²) in [6.07, 6.45) is 0.196. The standard InChI is InChI=1S/C19H16N2O3/c22-19-20-15(11-12-23-19)18-21-16(13-7-3-1-4-8-13)17(24-18)14-9-5-2-6-10-14/h1-10,15H,11-12H2,(H,20,22)/t15-/m1/s1. The van der Waals surface area contributed by atoms with Gasteiger partial charge in [-0.25, -0.2) is 9.78 Å². The van der Waals surface area contributed by atoms with Gasteiger partial charge in [0, 0.05) is 17.5 Å². The van der Waals surface area contributed by atoms with Crippen molar-refractivity contribution in [3.8, 4) is 22.6 Å². The molecule has 5 nitrogen and oxygen atoms in total. The number of oxazole rings is 1. The second kappa shape index (κ2) is 6.20. The molecule has 0 spiro atoms. The lowest BCUT2D eigenvalue weighted by Crippen LogP contribution is -2.35. The van der Waals surface area contributed by atoms with E-state index in [2.05, 4.69) is 10.3 Å². The van der Waals surface area contributed by atoms with Crippen LogP contribution in [-0.4, -0.2) is 17.7 Å². The third-order valence-electron chi connectivity index (χ3n) is 3.96. The predicted molar refractivity (Wildman–Crippen MR) is 89.2 cm³/mol. The summed E-state index contributed by atoms with van der Waals surface area (Å²) in [4.78, 5) is 16.2. The van der Waals surface area contributed by atoms with E-state index in [1.54, 1.807) is 0 Å². The van der Waals surface area contributed by atoms with Crippen LogP contribution >= 0.6 is 0 Å². The minimum atomic E-state index is -0.438. The lowest BCUT2D eigenvalue weighted by molar-refractivity contribution is 0.110. The van der Waals surface area contributed by atoms with E-state index >= 15 is 0 Å². The number of rotatable bonds is 3. The molecule has 4 rings (SSSR count). The maximum absolute atomic E-state index is 11.5. The molecule has 2 heterocycles. The molecule has 1 atom stereocenters. The first-order chi connectivity index (χ1) is 11.8. The average Bonchev–Trinajstić information content (AvgIpc) is 3.09. The summed E-state index contributed by atoms with van der Waals surface area (Å²) in [5.74, 6) is 1.21. The zero-order chi connectivity index (χ0) is 16.4. The molecule has 1 amide bonds. The van der Waals surface area contributed by atoms with Crippen molar-refractivity contribution in [2.45, 2.75) is 12.5 Å². The molecule has 0 saturated carbocycles. The van der Waals surface area contributed by atoms with E-state index in [1.165, 1.54) is 0 Å². The third-order valence-corrected chi connectivity index (χ3v) is 3.96. The van der Waals surface area contributed by atoms with Gasteiger partial charge in [0.15, 0.2) is 5.76 Å². The normalized spacial score (nSPS) is 17.2. The van der Waals surface area contributed by atoms with Crippen molar-refractivity contribution in [2.75, 3.05) is 6.61 Å². The summed E-state index contributed by atoms with van der Waals surface area (Å²) in [5, 5.41) is 2.76. The summed E-state index contributed by atoms with van der Waals surface area (Å²) in [6, 6.07) is 19.5. The van der Waals surface area contributed by atoms with Crippen molar-refractivity contribution < 1.29 is 13.9 Å². The molecule has 24 heavy (non-hydrogen) atoms. The summed E-state index contributed by atoms with van der Waals surface area (Å²) < 4.78 is 11.0. The number of hydrogen-bond acceptors (Lipinski definition) is 4. The van der Waals surface area contributed by atoms with Gasteiger partial charge in [-0.2, -0.15) is 0 Å². The smallest absolute Gasteiger partial charge is 0.407 e. The minimum absolute atomic E-state index is 0.272. The van der Waals surface area contributed by atoms with Gasteiger partial charge in [-0.1, -0.05) is 60.7 Å². The Morgan fingerprint density at radius 2 is 1.62 bits per heavy atom. The van der Waals surface area contributed by atoms with E-state index < -0.39 is 6.09 Å². The molecule has 2 aromatic carbocycles. The summed E-state index contributed by atoms with van der Waals surface area (Å²) >= 11 is 0. The first-order valence-corrected chi connectivity index (χ1v) is 7.86. The van der Waals surface area contributed by atoms with Crippen LogP contribution in [0.25, 0.3) is 22.6 Å². The van der Waals surface area contributed by atoms with Crippen LogP contribution in [0.5, 0.6) is 0 Å². The van der Waals surface area contributed by atoms with Crippen LogP contribution in [0.3, 0.4) is 0 Å². The number of carbonyl (C=O) groups excluding carboxylic acids is 1. The molecule has 3 aromatic rings. The quantitative estimate of drug-likeness (QED) is 0.786. The number of carbonyl (C=O) groups is 1. The van der Waals surface area contributed by atoms with Crippen molar-refractivity contribution in [1.29, 1.82) is 0 Å². The number of cyclic esters (lactones) is 1. The maximum Gasteiger partial charge on any atom is 0.407 e. The van der Waals surface area contributed by atoms with Crippen LogP contribution in [-0.2, 0) is 4.74 Å². The summed E-state index contributed by atoms with van der Waals surface area (Å²) in [5.41, 5.74) is 2.70. The first kappa shape index (κ1) is 14.5. The fourth-order valence-electron chi connectivity index (χ4n) is 2.77. The second-order valence-corrected chi connectivity index (χ2v) is 5.58. The highest BCUT2D eigenvalue weighted by Gasteiger charge is 2.27. The first-order valence-electron chi connectivity index (χ1n) is 7.86. The van der Waals surface area contributed by atoms with E-state index in [9.17, 15) is 4.79 Å². The van der Waals surface area contributed by atoms with Crippen LogP contribution < -0.4 is 5.32 Å². The Kier molecular flexibility index (Phi) is 3.75. The van der Waals surface area contributed by atoms with Crippen molar-refractivity contribution in [1.82, 2.24) is 10.3 Å². The van der Waals surface area contributed by atoms with Crippen molar-refractivity contribution in [3.63, 3.8) is 0 Å². The number of alkyl carbamates (subject to hydrolysis) is 1. The Hall–Kier alpha value is -3.08. The molecule has 120 valence electrons. The molecule has 1 fully saturated rings. The fraction of sp³-hybridized carbons (Fsp3) is 0.158. The molecule has 0 radical (unpaired) electrons. The zero-order valence-corrected chi connectivity index (χ0v) is 12.9. The molecule has 1 aliphatic rings. The number of nitrogens with one attached hydrogen (secondary N) is 1. The van der Waals surface area contributed by atoms with Crippen LogP contribution in [0.2, 0.25) is 0 Å². The maximum atomic E-state index is 11.5. The van der Waals surface area contributed by atoms with E-state index in [1.807, 2.05) is 60.7 Å². The molecule has 1 aliphatic heterocycles. The number of ether oxygens (including phenoxy) is 1. The molecule has 1 N–H and O–H groups in total. The molecule has 5 heteroatoms. The van der Waals surface area contributed by atoms with Crippen LogP contribution in [0.1, 0.15) is 18.4 Å². The van der Waals surface area contributed by atoms with Crippen LogP contribution in [0.4, 0.5) is 4.79 Å². The number of amides is 1. The van der Waals surface area contributed by atoms with Crippen LogP contribution in [0, 0.1) is 0 Å². The molecule has 0 aliphatic carbocycles. The van der Waals surface area contributed by atoms with E-state index in [0.717, 1.165) is 16.8 Å². The molecular formula is C19H16N2O3. The van der Waals surface area contributed by atoms with Gasteiger partial charge in [-0.05, 0) is 0 Å². The summed E-state index contributed by atoms with van der Waals surface area (Å²) in [7, 11) is 0. The SMILES string of the molecule is O=C1N[C@@H](c2nc(-c3ccccc3)c(-c3ccccc3)o2)CCO1. The molecule has 0 bridgehead atoms. The molecule has 1 saturated heterocycles. The fourth-order valence-corrected chi connectivity index (χ4v) is 2.77. The highest BCUT2D eigenvalue weighted by Crippen LogP contribution is 2.35. The van der Waals surface area contributed by atoms with Crippen molar-refractivity contribution in [2.24, 2.45) is 0 Å². The lowest BCUT2D eigenvalue weighted by Gasteiger charge is -2.20. The zero-order valence-electron chi connectivity index (χ0n) is 12.9. The van der Waals surface area contributed by atoms with Crippen LogP contribution in [0.15, 0.2) is 65.1 Å². The number of aromatic nitrogens is 1. The Morgan fingerprint density at radius 3 is 2.29 bits per heavy atom. The summed E-state index contributed by atoms with van der Waals surface area (Å²) in [6.45, 7) is 0.361. The molecular weight excluding hydrogens is 304 g/mol. The number of hydrogen-bond donors (Lipinski definition) is 1. The van der Waals surface area contributed by atoms with Gasteiger partial charge in [-0.15, -0.1) is 0 Å². The Morgan fingerprint density at radius 1 is 0.958 bits per heavy atom. The molecule has 0 unspecified atom stereocenters. The van der Waals surface area contributed by atoms with Gasteiger partial charge >= 0.3 is 6.09 Å². The Bertz CT molecular complexity index is 787. The largest absolute Gasteiger partial charge is 0.449 e. The van der Waals surface area contributed by atoms with E-state index in [-0.39, 0.29) is 6.04 Å². The monoisotopic (exact) mass is 320 g/mol. The van der Waals surface area contributed by atoms with Crippen molar-refractivity contribution >= 4 is 6.09 Å². The highest BCUT2D eigenvalue weighted by molar-refractivity contribution is 5.77. The minimum Gasteiger partial charge on any atom is -0.449 e. The molecule has 1 aromatic heterocycles. The van der Waals surface area contributed by atoms with E-state index in [4.69, 9.17) is 9.15 Å². The number of nitrogens with zero attached hydrogens (tertiary/aromatic N) is 1. The van der Waals surface area contributed by atoms with Gasteiger partial charge in [0.1, 0.15) is 11.7 Å². The topological polar surface area (TPSA) is 64.4 Å². The second-order valence-electron chi connectivity index (χ2n) is 5.58. The number of benzene rings is 2. The Balaban J connectivity index is 1.80. The van der Waals surface area contributed by atoms with E-state index in [0.29, 0.717) is 24.7 Å². The van der Waals surface area contributed by atoms with Gasteiger partial charge < -0.3 is 14.5 Å². The highest BCUT2D eigenvalue weighted by atomic mass is 16.6. The van der Waals surface area contributed by atoms with Gasteiger partial charge in [0.2, 0.25) is 5.89 Å². The van der Waals surface area contributed by atoms with Crippen molar-refractivity contribution in [3.05, 3.63) is 66.6 Å². The third kappa shape index (κ3) is 2.76. The van der Waals surface area contributed by atoms with Gasteiger partial charge in [0.05, 0.1) is 6.61 Å². The average molecular weight is 320 g/mol. The Labute approximate surface area is 139 Å². The van der Waals surface area contributed by atoms with Gasteiger partial charge in [-0.3, -0.25) is 0 Å². The van der Waals surface area contributed by atoms with Gasteiger partial charge in [0.25, 0.3) is 0 Å². The lowest BCUT2D eigenvalue weighted by atomic mass is 10.1. The predicted octanol–water partition coefficient (Wildman–Crippen LogP) is 4.18.